The Bertz CT molecular complexity index is 686. The van der Waals surface area contributed by atoms with E-state index in [9.17, 15) is 9.90 Å². The van der Waals surface area contributed by atoms with Crippen LogP contribution >= 0.6 is 11.6 Å². The number of nitrogens with one attached hydrogen (secondary N) is 1. The van der Waals surface area contributed by atoms with Crippen molar-refractivity contribution in [2.75, 3.05) is 7.11 Å². The highest BCUT2D eigenvalue weighted by molar-refractivity contribution is 6.30. The number of hydrazone groups is 1. The van der Waals surface area contributed by atoms with E-state index in [1.54, 1.807) is 30.3 Å². The quantitative estimate of drug-likeness (QED) is 0.674. The number of benzene rings is 2. The monoisotopic (exact) mass is 304 g/mol. The lowest BCUT2D eigenvalue weighted by Crippen LogP contribution is -2.17. The van der Waals surface area contributed by atoms with E-state index >= 15 is 0 Å². The Labute approximate surface area is 126 Å². The second-order valence-electron chi connectivity index (χ2n) is 4.13. The third-order valence-corrected chi connectivity index (χ3v) is 2.93. The van der Waals surface area contributed by atoms with E-state index < -0.39 is 5.91 Å². The molecule has 108 valence electrons. The zero-order valence-corrected chi connectivity index (χ0v) is 12.0. The number of phenolic OH excluding ortho intramolecular Hbond substituents is 1. The summed E-state index contributed by atoms with van der Waals surface area (Å²) >= 11 is 5.81. The number of amides is 1. The number of hydrogen-bond donors (Lipinski definition) is 2. The molecule has 2 rings (SSSR count). The van der Waals surface area contributed by atoms with Crippen LogP contribution in [0.25, 0.3) is 0 Å². The minimum Gasteiger partial charge on any atom is -0.507 e. The summed E-state index contributed by atoms with van der Waals surface area (Å²) in [5.74, 6) is 0.225. The second-order valence-corrected chi connectivity index (χ2v) is 4.57. The van der Waals surface area contributed by atoms with Crippen molar-refractivity contribution in [3.63, 3.8) is 0 Å². The molecule has 0 radical (unpaired) electrons. The summed E-state index contributed by atoms with van der Waals surface area (Å²) in [4.78, 5) is 11.8. The van der Waals surface area contributed by atoms with Gasteiger partial charge in [-0.2, -0.15) is 5.10 Å². The number of halogens is 1. The molecule has 2 aromatic rings. The van der Waals surface area contributed by atoms with Crippen molar-refractivity contribution >= 4 is 23.7 Å². The van der Waals surface area contributed by atoms with Crippen LogP contribution in [0, 0.1) is 0 Å². The largest absolute Gasteiger partial charge is 0.507 e. The van der Waals surface area contributed by atoms with Crippen molar-refractivity contribution in [3.8, 4) is 11.5 Å². The molecular formula is C15H13ClN2O3. The van der Waals surface area contributed by atoms with Gasteiger partial charge in [0.05, 0.1) is 13.3 Å². The number of phenols is 1. The number of carbonyl (C=O) groups excluding carboxylic acids is 1. The molecule has 0 aliphatic heterocycles. The smallest absolute Gasteiger partial charge is 0.271 e. The van der Waals surface area contributed by atoms with Crippen LogP contribution in [0.4, 0.5) is 0 Å². The Kier molecular flexibility index (Phi) is 4.79. The highest BCUT2D eigenvalue weighted by Crippen LogP contribution is 2.20. The highest BCUT2D eigenvalue weighted by atomic mass is 35.5. The van der Waals surface area contributed by atoms with Crippen LogP contribution in [0.1, 0.15) is 15.9 Å². The number of nitrogens with zero attached hydrogens (tertiary/aromatic N) is 1. The normalized spacial score (nSPS) is 10.6. The molecule has 0 bridgehead atoms. The summed E-state index contributed by atoms with van der Waals surface area (Å²) < 4.78 is 5.04. The molecular weight excluding hydrogens is 292 g/mol. The van der Waals surface area contributed by atoms with E-state index in [1.165, 1.54) is 25.5 Å². The molecule has 0 atom stereocenters. The lowest BCUT2D eigenvalue weighted by atomic mass is 10.2. The molecule has 0 spiro atoms. The molecule has 0 aromatic heterocycles. The van der Waals surface area contributed by atoms with Gasteiger partial charge in [-0.1, -0.05) is 17.7 Å². The van der Waals surface area contributed by atoms with Crippen LogP contribution in [-0.4, -0.2) is 24.3 Å². The number of rotatable bonds is 4. The van der Waals surface area contributed by atoms with E-state index in [-0.39, 0.29) is 5.75 Å². The maximum atomic E-state index is 11.8. The van der Waals surface area contributed by atoms with Gasteiger partial charge in [0, 0.05) is 16.1 Å². The molecule has 1 amide bonds. The van der Waals surface area contributed by atoms with Crippen LogP contribution in [0.15, 0.2) is 47.6 Å². The Morgan fingerprint density at radius 1 is 1.33 bits per heavy atom. The predicted octanol–water partition coefficient (Wildman–Crippen LogP) is 2.82. The Balaban J connectivity index is 2.07. The Hall–Kier alpha value is -2.53. The van der Waals surface area contributed by atoms with Gasteiger partial charge in [-0.15, -0.1) is 0 Å². The predicted molar refractivity (Wildman–Crippen MR) is 81.2 cm³/mol. The van der Waals surface area contributed by atoms with Crippen molar-refractivity contribution < 1.29 is 14.6 Å². The average Bonchev–Trinajstić information content (AvgIpc) is 2.49. The first-order valence-electron chi connectivity index (χ1n) is 6.06. The van der Waals surface area contributed by atoms with Gasteiger partial charge in [-0.25, -0.2) is 5.43 Å². The Morgan fingerprint density at radius 2 is 2.14 bits per heavy atom. The molecule has 2 aromatic carbocycles. The lowest BCUT2D eigenvalue weighted by molar-refractivity contribution is 0.0955. The zero-order chi connectivity index (χ0) is 15.2. The maximum absolute atomic E-state index is 11.8. The van der Waals surface area contributed by atoms with E-state index in [0.717, 1.165) is 0 Å². The molecule has 0 aliphatic rings. The molecule has 0 aliphatic carbocycles. The number of ether oxygens (including phenoxy) is 1. The van der Waals surface area contributed by atoms with E-state index in [0.29, 0.717) is 21.9 Å². The SMILES string of the molecule is COc1ccc(O)c(/C=N/NC(=O)c2cccc(Cl)c2)c1. The van der Waals surface area contributed by atoms with Gasteiger partial charge in [0.15, 0.2) is 0 Å². The summed E-state index contributed by atoms with van der Waals surface area (Å²) in [6.45, 7) is 0. The topological polar surface area (TPSA) is 70.9 Å². The van der Waals surface area contributed by atoms with Crippen molar-refractivity contribution in [1.29, 1.82) is 0 Å². The van der Waals surface area contributed by atoms with Crippen LogP contribution in [0.5, 0.6) is 11.5 Å². The van der Waals surface area contributed by atoms with Gasteiger partial charge in [0.2, 0.25) is 0 Å². The van der Waals surface area contributed by atoms with Gasteiger partial charge in [-0.05, 0) is 36.4 Å². The number of aromatic hydroxyl groups is 1. The summed E-state index contributed by atoms with van der Waals surface area (Å²) in [6.07, 6.45) is 1.33. The van der Waals surface area contributed by atoms with Crippen molar-refractivity contribution in [1.82, 2.24) is 5.43 Å². The highest BCUT2D eigenvalue weighted by Gasteiger charge is 2.05. The minimum absolute atomic E-state index is 0.0385. The summed E-state index contributed by atoms with van der Waals surface area (Å²) in [7, 11) is 1.52. The fourth-order valence-electron chi connectivity index (χ4n) is 1.62. The first-order valence-corrected chi connectivity index (χ1v) is 6.44. The fourth-order valence-corrected chi connectivity index (χ4v) is 1.81. The second kappa shape index (κ2) is 6.76. The van der Waals surface area contributed by atoms with Gasteiger partial charge in [-0.3, -0.25) is 4.79 Å². The van der Waals surface area contributed by atoms with Crippen LogP contribution in [0.3, 0.4) is 0 Å². The summed E-state index contributed by atoms with van der Waals surface area (Å²) in [6, 6.07) is 11.2. The molecule has 0 fully saturated rings. The van der Waals surface area contributed by atoms with Gasteiger partial charge in [0.1, 0.15) is 11.5 Å². The fraction of sp³-hybridized carbons (Fsp3) is 0.0667. The molecule has 0 heterocycles. The molecule has 0 saturated heterocycles. The maximum Gasteiger partial charge on any atom is 0.271 e. The minimum atomic E-state index is -0.392. The molecule has 21 heavy (non-hydrogen) atoms. The number of carbonyl (C=O) groups is 1. The van der Waals surface area contributed by atoms with Crippen LogP contribution in [0.2, 0.25) is 5.02 Å². The van der Waals surface area contributed by atoms with Crippen molar-refractivity contribution in [3.05, 3.63) is 58.6 Å². The van der Waals surface area contributed by atoms with Gasteiger partial charge >= 0.3 is 0 Å². The van der Waals surface area contributed by atoms with Gasteiger partial charge in [0.25, 0.3) is 5.91 Å². The van der Waals surface area contributed by atoms with Gasteiger partial charge < -0.3 is 9.84 Å². The molecule has 2 N–H and O–H groups in total. The lowest BCUT2D eigenvalue weighted by Gasteiger charge is -2.03. The number of methoxy groups -OCH3 is 1. The molecule has 6 heteroatoms. The first-order chi connectivity index (χ1) is 10.1. The molecule has 0 saturated carbocycles. The first kappa shape index (κ1) is 14.9. The van der Waals surface area contributed by atoms with E-state index in [1.807, 2.05) is 0 Å². The van der Waals surface area contributed by atoms with Crippen LogP contribution in [-0.2, 0) is 0 Å². The third-order valence-electron chi connectivity index (χ3n) is 2.69. The summed E-state index contributed by atoms with van der Waals surface area (Å²) in [5, 5.41) is 13.9. The Morgan fingerprint density at radius 3 is 2.86 bits per heavy atom. The van der Waals surface area contributed by atoms with Crippen molar-refractivity contribution in [2.24, 2.45) is 5.10 Å². The molecule has 0 unspecified atom stereocenters. The van der Waals surface area contributed by atoms with Crippen molar-refractivity contribution in [2.45, 2.75) is 0 Å². The average molecular weight is 305 g/mol. The van der Waals surface area contributed by atoms with Crippen LogP contribution < -0.4 is 10.2 Å². The number of hydrogen-bond acceptors (Lipinski definition) is 4. The third kappa shape index (κ3) is 3.97. The molecule has 5 nitrogen and oxygen atoms in total. The summed E-state index contributed by atoms with van der Waals surface area (Å²) in [5.41, 5.74) is 3.19. The van der Waals surface area contributed by atoms with E-state index in [4.69, 9.17) is 16.3 Å². The zero-order valence-electron chi connectivity index (χ0n) is 11.2. The van der Waals surface area contributed by atoms with E-state index in [2.05, 4.69) is 10.5 Å². The standard InChI is InChI=1S/C15H13ClN2O3/c1-21-13-5-6-14(19)11(8-13)9-17-18-15(20)10-3-2-4-12(16)7-10/h2-9,19H,1H3,(H,18,20)/b17-9+.